The second-order valence-electron chi connectivity index (χ2n) is 3.42. The van der Waals surface area contributed by atoms with Gasteiger partial charge in [-0.05, 0) is 18.2 Å². The van der Waals surface area contributed by atoms with Gasteiger partial charge in [0.25, 0.3) is 5.91 Å². The number of rotatable bonds is 3. The molecule has 3 N–H and O–H groups in total. The summed E-state index contributed by atoms with van der Waals surface area (Å²) in [5, 5.41) is 11.5. The van der Waals surface area contributed by atoms with Crippen LogP contribution in [0.25, 0.3) is 0 Å². The number of carboxylic acids is 1. The van der Waals surface area contributed by atoms with Crippen LogP contribution in [0.3, 0.4) is 0 Å². The SMILES string of the molecule is O=C(Nc1ccc(Cl)c(C(=O)O)c1)c1cnc[nH]1. The fourth-order valence-corrected chi connectivity index (χ4v) is 1.54. The zero-order valence-corrected chi connectivity index (χ0v) is 9.73. The fraction of sp³-hybridized carbons (Fsp3) is 0. The van der Waals surface area contributed by atoms with Crippen LogP contribution in [-0.4, -0.2) is 27.0 Å². The van der Waals surface area contributed by atoms with Crippen molar-refractivity contribution >= 4 is 29.2 Å². The number of aromatic nitrogens is 2. The molecule has 0 fully saturated rings. The third kappa shape index (κ3) is 2.49. The van der Waals surface area contributed by atoms with Crippen LogP contribution >= 0.6 is 11.6 Å². The molecule has 0 aliphatic carbocycles. The molecule has 1 amide bonds. The van der Waals surface area contributed by atoms with Gasteiger partial charge in [-0.1, -0.05) is 11.6 Å². The summed E-state index contributed by atoms with van der Waals surface area (Å²) in [4.78, 5) is 28.9. The molecule has 0 saturated carbocycles. The maximum absolute atomic E-state index is 11.7. The van der Waals surface area contributed by atoms with E-state index < -0.39 is 11.9 Å². The van der Waals surface area contributed by atoms with Crippen LogP contribution in [-0.2, 0) is 0 Å². The lowest BCUT2D eigenvalue weighted by Gasteiger charge is -2.05. The van der Waals surface area contributed by atoms with Gasteiger partial charge in [0.2, 0.25) is 0 Å². The molecule has 0 bridgehead atoms. The molecule has 0 aliphatic rings. The summed E-state index contributed by atoms with van der Waals surface area (Å²) in [5.74, 6) is -1.57. The first kappa shape index (κ1) is 12.1. The molecular formula is C11H8ClN3O3. The third-order valence-electron chi connectivity index (χ3n) is 2.20. The lowest BCUT2D eigenvalue weighted by molar-refractivity contribution is 0.0696. The minimum atomic E-state index is -1.15. The number of carbonyl (C=O) groups excluding carboxylic acids is 1. The summed E-state index contributed by atoms with van der Waals surface area (Å²) in [6.07, 6.45) is 2.74. The van der Waals surface area contributed by atoms with Crippen molar-refractivity contribution in [3.8, 4) is 0 Å². The van der Waals surface area contributed by atoms with Crippen molar-refractivity contribution in [2.45, 2.75) is 0 Å². The maximum Gasteiger partial charge on any atom is 0.337 e. The molecule has 2 aromatic rings. The second kappa shape index (κ2) is 4.89. The number of halogens is 1. The number of aromatic carboxylic acids is 1. The van der Waals surface area contributed by atoms with Crippen molar-refractivity contribution in [2.24, 2.45) is 0 Å². The van der Waals surface area contributed by atoms with E-state index in [4.69, 9.17) is 16.7 Å². The van der Waals surface area contributed by atoms with Gasteiger partial charge in [0.15, 0.2) is 0 Å². The summed E-state index contributed by atoms with van der Waals surface area (Å²) >= 11 is 5.72. The van der Waals surface area contributed by atoms with Gasteiger partial charge < -0.3 is 15.4 Å². The van der Waals surface area contributed by atoms with Crippen molar-refractivity contribution in [3.05, 3.63) is 47.0 Å². The number of nitrogens with one attached hydrogen (secondary N) is 2. The van der Waals surface area contributed by atoms with E-state index in [1.54, 1.807) is 0 Å². The average molecular weight is 266 g/mol. The number of carbonyl (C=O) groups is 2. The highest BCUT2D eigenvalue weighted by Gasteiger charge is 2.12. The number of H-pyrrole nitrogens is 1. The average Bonchev–Trinajstić information content (AvgIpc) is 2.85. The van der Waals surface area contributed by atoms with E-state index in [0.717, 1.165) is 0 Å². The largest absolute Gasteiger partial charge is 0.478 e. The molecule has 1 heterocycles. The first-order valence-corrected chi connectivity index (χ1v) is 5.28. The number of aromatic amines is 1. The van der Waals surface area contributed by atoms with Crippen LogP contribution in [0.15, 0.2) is 30.7 Å². The number of anilines is 1. The first-order chi connectivity index (χ1) is 8.58. The van der Waals surface area contributed by atoms with Gasteiger partial charge in [0.1, 0.15) is 5.69 Å². The first-order valence-electron chi connectivity index (χ1n) is 4.90. The number of hydrogen-bond acceptors (Lipinski definition) is 3. The number of carboxylic acid groups (broad SMARTS) is 1. The van der Waals surface area contributed by atoms with Gasteiger partial charge in [0, 0.05) is 5.69 Å². The highest BCUT2D eigenvalue weighted by molar-refractivity contribution is 6.33. The van der Waals surface area contributed by atoms with Crippen LogP contribution in [0.4, 0.5) is 5.69 Å². The van der Waals surface area contributed by atoms with Crippen LogP contribution in [0.2, 0.25) is 5.02 Å². The molecule has 0 spiro atoms. The van der Waals surface area contributed by atoms with E-state index in [9.17, 15) is 9.59 Å². The molecule has 18 heavy (non-hydrogen) atoms. The fourth-order valence-electron chi connectivity index (χ4n) is 1.35. The Labute approximate surface area is 107 Å². The molecule has 0 atom stereocenters. The monoisotopic (exact) mass is 265 g/mol. The van der Waals surface area contributed by atoms with E-state index >= 15 is 0 Å². The summed E-state index contributed by atoms with van der Waals surface area (Å²) < 4.78 is 0. The van der Waals surface area contributed by atoms with E-state index in [1.165, 1.54) is 30.7 Å². The van der Waals surface area contributed by atoms with Crippen LogP contribution in [0.1, 0.15) is 20.8 Å². The van der Waals surface area contributed by atoms with Gasteiger partial charge in [-0.2, -0.15) is 0 Å². The number of imidazole rings is 1. The maximum atomic E-state index is 11.7. The molecular weight excluding hydrogens is 258 g/mol. The third-order valence-corrected chi connectivity index (χ3v) is 2.53. The molecule has 7 heteroatoms. The second-order valence-corrected chi connectivity index (χ2v) is 3.83. The molecule has 0 radical (unpaired) electrons. The molecule has 0 saturated heterocycles. The molecule has 1 aromatic carbocycles. The Morgan fingerprint density at radius 1 is 1.39 bits per heavy atom. The Balaban J connectivity index is 2.22. The Bertz CT molecular complexity index is 596. The van der Waals surface area contributed by atoms with Gasteiger partial charge in [-0.3, -0.25) is 4.79 Å². The summed E-state index contributed by atoms with van der Waals surface area (Å²) in [6.45, 7) is 0. The lowest BCUT2D eigenvalue weighted by Crippen LogP contribution is -2.12. The Hall–Kier alpha value is -2.34. The Morgan fingerprint density at radius 2 is 2.17 bits per heavy atom. The van der Waals surface area contributed by atoms with Gasteiger partial charge in [-0.15, -0.1) is 0 Å². The number of benzene rings is 1. The molecule has 6 nitrogen and oxygen atoms in total. The summed E-state index contributed by atoms with van der Waals surface area (Å²) in [5.41, 5.74) is 0.553. The quantitative estimate of drug-likeness (QED) is 0.791. The standard InChI is InChI=1S/C11H8ClN3O3/c12-8-2-1-6(3-7(8)11(17)18)15-10(16)9-4-13-5-14-9/h1-5H,(H,13,14)(H,15,16)(H,17,18). The van der Waals surface area contributed by atoms with E-state index in [2.05, 4.69) is 15.3 Å². The van der Waals surface area contributed by atoms with Gasteiger partial charge in [0.05, 0.1) is 23.1 Å². The Morgan fingerprint density at radius 3 is 2.78 bits per heavy atom. The van der Waals surface area contributed by atoms with Crippen LogP contribution in [0, 0.1) is 0 Å². The summed E-state index contributed by atoms with van der Waals surface area (Å²) in [6, 6.07) is 4.22. The topological polar surface area (TPSA) is 95.1 Å². The molecule has 92 valence electrons. The normalized spacial score (nSPS) is 10.1. The predicted molar refractivity (Wildman–Crippen MR) is 65.0 cm³/mol. The van der Waals surface area contributed by atoms with Crippen LogP contribution in [0.5, 0.6) is 0 Å². The van der Waals surface area contributed by atoms with Crippen molar-refractivity contribution in [1.82, 2.24) is 9.97 Å². The number of hydrogen-bond donors (Lipinski definition) is 3. The lowest BCUT2D eigenvalue weighted by atomic mass is 10.2. The highest BCUT2D eigenvalue weighted by atomic mass is 35.5. The van der Waals surface area contributed by atoms with E-state index in [-0.39, 0.29) is 16.3 Å². The minimum Gasteiger partial charge on any atom is -0.478 e. The van der Waals surface area contributed by atoms with Gasteiger partial charge in [-0.25, -0.2) is 9.78 Å². The van der Waals surface area contributed by atoms with Crippen molar-refractivity contribution in [3.63, 3.8) is 0 Å². The predicted octanol–water partition coefficient (Wildman–Crippen LogP) is 2.01. The number of nitrogens with zero attached hydrogens (tertiary/aromatic N) is 1. The Kier molecular flexibility index (Phi) is 3.29. The summed E-state index contributed by atoms with van der Waals surface area (Å²) in [7, 11) is 0. The minimum absolute atomic E-state index is 0.0703. The van der Waals surface area contributed by atoms with Gasteiger partial charge >= 0.3 is 5.97 Å². The smallest absolute Gasteiger partial charge is 0.337 e. The van der Waals surface area contributed by atoms with Crippen molar-refractivity contribution in [2.75, 3.05) is 5.32 Å². The molecule has 0 aliphatic heterocycles. The van der Waals surface area contributed by atoms with E-state index in [1.807, 2.05) is 0 Å². The van der Waals surface area contributed by atoms with Crippen LogP contribution < -0.4 is 5.32 Å². The van der Waals surface area contributed by atoms with Crippen molar-refractivity contribution in [1.29, 1.82) is 0 Å². The number of amides is 1. The zero-order chi connectivity index (χ0) is 13.1. The molecule has 0 unspecified atom stereocenters. The molecule has 2 rings (SSSR count). The van der Waals surface area contributed by atoms with Crippen molar-refractivity contribution < 1.29 is 14.7 Å². The molecule has 1 aromatic heterocycles. The zero-order valence-electron chi connectivity index (χ0n) is 8.98. The van der Waals surface area contributed by atoms with E-state index in [0.29, 0.717) is 5.69 Å². The highest BCUT2D eigenvalue weighted by Crippen LogP contribution is 2.20.